The summed E-state index contributed by atoms with van der Waals surface area (Å²) < 4.78 is 11.0. The van der Waals surface area contributed by atoms with Crippen LogP contribution in [0.25, 0.3) is 6.08 Å². The van der Waals surface area contributed by atoms with Crippen LogP contribution in [0.4, 0.5) is 0 Å². The average molecular weight is 324 g/mol. The van der Waals surface area contributed by atoms with Gasteiger partial charge < -0.3 is 14.9 Å². The van der Waals surface area contributed by atoms with Crippen LogP contribution in [0.2, 0.25) is 0 Å². The zero-order chi connectivity index (χ0) is 17.5. The maximum atomic E-state index is 12.8. The van der Waals surface area contributed by atoms with E-state index in [4.69, 9.17) is 14.9 Å². The summed E-state index contributed by atoms with van der Waals surface area (Å²) >= 11 is 0. The van der Waals surface area contributed by atoms with Crippen LogP contribution in [0.15, 0.2) is 51.2 Å². The van der Waals surface area contributed by atoms with Gasteiger partial charge in [-0.25, -0.2) is 0 Å². The van der Waals surface area contributed by atoms with Crippen molar-refractivity contribution in [3.8, 4) is 6.07 Å². The molecular formula is C19H20N2O3. The second kappa shape index (κ2) is 5.72. The molecule has 3 rings (SSSR count). The molecule has 1 aliphatic carbocycles. The lowest BCUT2D eigenvalue weighted by Crippen LogP contribution is -2.34. The zero-order valence-electron chi connectivity index (χ0n) is 14.1. The molecular weight excluding hydrogens is 304 g/mol. The molecule has 5 nitrogen and oxygen atoms in total. The molecule has 2 N–H and O–H groups in total. The number of nitrogens with zero attached hydrogens (tertiary/aromatic N) is 1. The van der Waals surface area contributed by atoms with Gasteiger partial charge in [-0.05, 0) is 30.5 Å². The van der Waals surface area contributed by atoms with Crippen molar-refractivity contribution in [3.05, 3.63) is 52.5 Å². The molecule has 1 aromatic rings. The largest absolute Gasteiger partial charge is 0.465 e. The van der Waals surface area contributed by atoms with Crippen LogP contribution in [0.1, 0.15) is 39.4 Å². The summed E-state index contributed by atoms with van der Waals surface area (Å²) in [4.78, 5) is 12.8. The van der Waals surface area contributed by atoms with E-state index in [-0.39, 0.29) is 22.7 Å². The number of allylic oxidation sites excluding steroid dienone is 4. The van der Waals surface area contributed by atoms with Gasteiger partial charge in [-0.3, -0.25) is 4.79 Å². The number of furan rings is 1. The number of hydrogen-bond acceptors (Lipinski definition) is 5. The van der Waals surface area contributed by atoms with E-state index >= 15 is 0 Å². The highest BCUT2D eigenvalue weighted by molar-refractivity contribution is 5.99. The van der Waals surface area contributed by atoms with Gasteiger partial charge in [0.15, 0.2) is 5.78 Å². The van der Waals surface area contributed by atoms with Gasteiger partial charge >= 0.3 is 0 Å². The molecule has 0 saturated heterocycles. The summed E-state index contributed by atoms with van der Waals surface area (Å²) in [5.74, 6) is 0.871. The summed E-state index contributed by atoms with van der Waals surface area (Å²) in [6.45, 7) is 5.93. The minimum absolute atomic E-state index is 0.0127. The second-order valence-electron chi connectivity index (χ2n) is 7.11. The molecule has 0 fully saturated rings. The van der Waals surface area contributed by atoms with Gasteiger partial charge in [0.2, 0.25) is 5.88 Å². The Morgan fingerprint density at radius 2 is 2.21 bits per heavy atom. The van der Waals surface area contributed by atoms with Crippen molar-refractivity contribution in [3.63, 3.8) is 0 Å². The molecule has 0 radical (unpaired) electrons. The zero-order valence-corrected chi connectivity index (χ0v) is 14.1. The van der Waals surface area contributed by atoms with Crippen LogP contribution in [0, 0.1) is 22.7 Å². The molecule has 24 heavy (non-hydrogen) atoms. The summed E-state index contributed by atoms with van der Waals surface area (Å²) in [5.41, 5.74) is 7.46. The number of carbonyl (C=O) groups is 1. The maximum Gasteiger partial charge on any atom is 0.205 e. The lowest BCUT2D eigenvalue weighted by molar-refractivity contribution is -0.119. The first-order chi connectivity index (χ1) is 11.3. The van der Waals surface area contributed by atoms with Gasteiger partial charge in [-0.2, -0.15) is 5.26 Å². The van der Waals surface area contributed by atoms with E-state index in [0.717, 1.165) is 5.57 Å². The van der Waals surface area contributed by atoms with Crippen molar-refractivity contribution in [2.45, 2.75) is 33.6 Å². The minimum Gasteiger partial charge on any atom is -0.465 e. The second-order valence-corrected chi connectivity index (χ2v) is 7.11. The fraction of sp³-hybridized carbons (Fsp3) is 0.368. The third-order valence-corrected chi connectivity index (χ3v) is 4.44. The summed E-state index contributed by atoms with van der Waals surface area (Å²) in [5, 5.41) is 9.53. The number of rotatable bonds is 2. The Hall–Kier alpha value is -2.74. The quantitative estimate of drug-likeness (QED) is 0.896. The Morgan fingerprint density at radius 3 is 2.83 bits per heavy atom. The molecule has 0 spiro atoms. The predicted octanol–water partition coefficient (Wildman–Crippen LogP) is 3.67. The molecule has 2 aliphatic rings. The molecule has 124 valence electrons. The highest BCUT2D eigenvalue weighted by Crippen LogP contribution is 2.46. The molecule has 1 aromatic heterocycles. The predicted molar refractivity (Wildman–Crippen MR) is 88.8 cm³/mol. The first kappa shape index (κ1) is 16.1. The third kappa shape index (κ3) is 2.76. The number of nitrogens with two attached hydrogens (primary N) is 1. The van der Waals surface area contributed by atoms with Crippen LogP contribution in [0.5, 0.6) is 0 Å². The number of Topliss-reactive ketones (excluding diaryl/α,β-unsaturated/α-hetero) is 1. The van der Waals surface area contributed by atoms with Crippen molar-refractivity contribution in [2.24, 2.45) is 17.1 Å². The summed E-state index contributed by atoms with van der Waals surface area (Å²) in [7, 11) is 0. The topological polar surface area (TPSA) is 89.2 Å². The molecule has 0 unspecified atom stereocenters. The molecule has 1 aliphatic heterocycles. The normalized spacial score (nSPS) is 23.7. The number of ketones is 1. The van der Waals surface area contributed by atoms with Gasteiger partial charge in [-0.15, -0.1) is 0 Å². The lowest BCUT2D eigenvalue weighted by Gasteiger charge is -2.37. The fourth-order valence-electron chi connectivity index (χ4n) is 3.42. The SMILES string of the molecule is CC(=Cc1ccco1)[C@@H]1C(C#N)=C(N)OC2=C1C(=O)CC(C)(C)C2. The monoisotopic (exact) mass is 324 g/mol. The fourth-order valence-corrected chi connectivity index (χ4v) is 3.42. The highest BCUT2D eigenvalue weighted by Gasteiger charge is 2.42. The number of nitriles is 1. The van der Waals surface area contributed by atoms with Crippen LogP contribution in [0.3, 0.4) is 0 Å². The van der Waals surface area contributed by atoms with E-state index in [0.29, 0.717) is 29.9 Å². The molecule has 0 amide bonds. The van der Waals surface area contributed by atoms with Gasteiger partial charge in [-0.1, -0.05) is 19.4 Å². The Kier molecular flexibility index (Phi) is 3.84. The summed E-state index contributed by atoms with van der Waals surface area (Å²) in [6, 6.07) is 5.72. The maximum absolute atomic E-state index is 12.8. The summed E-state index contributed by atoms with van der Waals surface area (Å²) in [6.07, 6.45) is 4.46. The van der Waals surface area contributed by atoms with Crippen LogP contribution in [-0.4, -0.2) is 5.78 Å². The molecule has 1 atom stereocenters. The average Bonchev–Trinajstić information content (AvgIpc) is 2.97. The molecule has 5 heteroatoms. The smallest absolute Gasteiger partial charge is 0.205 e. The molecule has 2 heterocycles. The molecule has 0 aromatic carbocycles. The van der Waals surface area contributed by atoms with Gasteiger partial charge in [0.25, 0.3) is 0 Å². The van der Waals surface area contributed by atoms with Crippen molar-refractivity contribution in [1.29, 1.82) is 5.26 Å². The van der Waals surface area contributed by atoms with E-state index in [1.807, 2.05) is 32.9 Å². The van der Waals surface area contributed by atoms with Crippen LogP contribution >= 0.6 is 0 Å². The Bertz CT molecular complexity index is 817. The van der Waals surface area contributed by atoms with E-state index < -0.39 is 5.92 Å². The first-order valence-electron chi connectivity index (χ1n) is 7.88. The molecule has 0 bridgehead atoms. The van der Waals surface area contributed by atoms with Crippen LogP contribution < -0.4 is 5.73 Å². The van der Waals surface area contributed by atoms with Crippen molar-refractivity contribution in [1.82, 2.24) is 0 Å². The number of ether oxygens (including phenoxy) is 1. The Morgan fingerprint density at radius 1 is 1.46 bits per heavy atom. The van der Waals surface area contributed by atoms with Crippen molar-refractivity contribution >= 4 is 11.9 Å². The van der Waals surface area contributed by atoms with E-state index in [1.54, 1.807) is 12.3 Å². The third-order valence-electron chi connectivity index (χ3n) is 4.44. The van der Waals surface area contributed by atoms with E-state index in [2.05, 4.69) is 6.07 Å². The van der Waals surface area contributed by atoms with E-state index in [9.17, 15) is 10.1 Å². The highest BCUT2D eigenvalue weighted by atomic mass is 16.5. The van der Waals surface area contributed by atoms with Gasteiger partial charge in [0.05, 0.1) is 12.2 Å². The number of carbonyl (C=O) groups excluding carboxylic acids is 1. The van der Waals surface area contributed by atoms with Gasteiger partial charge in [0.1, 0.15) is 23.2 Å². The van der Waals surface area contributed by atoms with Crippen molar-refractivity contribution < 1.29 is 13.9 Å². The van der Waals surface area contributed by atoms with E-state index in [1.165, 1.54) is 0 Å². The molecule has 0 saturated carbocycles. The Balaban J connectivity index is 2.12. The lowest BCUT2D eigenvalue weighted by atomic mass is 9.70. The van der Waals surface area contributed by atoms with Crippen LogP contribution in [-0.2, 0) is 9.53 Å². The standard InChI is InChI=1S/C19H20N2O3/c1-11(7-12-5-4-6-23-12)16-13(10-20)18(21)24-15-9-19(2,3)8-14(22)17(15)16/h4-7,16H,8-9,21H2,1-3H3/t16-/m1/s1. The van der Waals surface area contributed by atoms with Gasteiger partial charge in [0, 0.05) is 18.4 Å². The number of hydrogen-bond donors (Lipinski definition) is 1. The Labute approximate surface area is 141 Å². The minimum atomic E-state index is -0.479. The first-order valence-corrected chi connectivity index (χ1v) is 7.88. The van der Waals surface area contributed by atoms with Crippen molar-refractivity contribution in [2.75, 3.05) is 0 Å².